The summed E-state index contributed by atoms with van der Waals surface area (Å²) in [7, 11) is 1.28. The van der Waals surface area contributed by atoms with Gasteiger partial charge in [0.05, 0.1) is 24.4 Å². The molecule has 1 aromatic rings. The van der Waals surface area contributed by atoms with Crippen LogP contribution in [0.15, 0.2) is 18.2 Å². The van der Waals surface area contributed by atoms with E-state index in [2.05, 4.69) is 10.1 Å². The minimum Gasteiger partial charge on any atom is -0.467 e. The molecule has 1 N–H and O–H groups in total. The van der Waals surface area contributed by atoms with Crippen molar-refractivity contribution in [2.24, 2.45) is 0 Å². The van der Waals surface area contributed by atoms with Crippen LogP contribution in [0.25, 0.3) is 0 Å². The highest BCUT2D eigenvalue weighted by Gasteiger charge is 2.17. The first-order chi connectivity index (χ1) is 8.12. The minimum absolute atomic E-state index is 0.182. The predicted octanol–water partition coefficient (Wildman–Crippen LogP) is 2.06. The lowest BCUT2D eigenvalue weighted by Gasteiger charge is -2.16. The summed E-state index contributed by atoms with van der Waals surface area (Å²) in [6.45, 7) is 1.79. The molecule has 1 unspecified atom stereocenters. The number of ether oxygens (including phenoxy) is 1. The Balaban J connectivity index is 2.87. The lowest BCUT2D eigenvalue weighted by molar-refractivity contribution is -0.141. The number of nitrogens with zero attached hydrogens (tertiary/aromatic N) is 1. The van der Waals surface area contributed by atoms with Crippen molar-refractivity contribution in [1.82, 2.24) is 0 Å². The molecule has 0 heterocycles. The van der Waals surface area contributed by atoms with Gasteiger partial charge in [0.25, 0.3) is 0 Å². The van der Waals surface area contributed by atoms with E-state index in [9.17, 15) is 9.18 Å². The molecule has 0 aliphatic carbocycles. The highest BCUT2D eigenvalue weighted by atomic mass is 19.1. The maximum Gasteiger partial charge on any atom is 0.328 e. The van der Waals surface area contributed by atoms with Crippen LogP contribution in [0.3, 0.4) is 0 Å². The van der Waals surface area contributed by atoms with Gasteiger partial charge in [0.15, 0.2) is 0 Å². The molecule has 0 fully saturated rings. The van der Waals surface area contributed by atoms with Crippen molar-refractivity contribution in [3.05, 3.63) is 29.6 Å². The maximum atomic E-state index is 13.5. The molecule has 0 spiro atoms. The molecule has 0 aliphatic rings. The minimum atomic E-state index is -0.595. The van der Waals surface area contributed by atoms with Gasteiger partial charge in [0.2, 0.25) is 0 Å². The molecule has 0 saturated carbocycles. The van der Waals surface area contributed by atoms with Gasteiger partial charge in [-0.1, -0.05) is 6.92 Å². The molecule has 0 bridgehead atoms. The smallest absolute Gasteiger partial charge is 0.328 e. The molecule has 0 amide bonds. The van der Waals surface area contributed by atoms with E-state index in [-0.39, 0.29) is 11.3 Å². The fraction of sp³-hybridized carbons (Fsp3) is 0.333. The zero-order valence-electron chi connectivity index (χ0n) is 9.66. The normalized spacial score (nSPS) is 11.4. The molecule has 4 nitrogen and oxygen atoms in total. The zero-order valence-corrected chi connectivity index (χ0v) is 9.66. The van der Waals surface area contributed by atoms with Crippen LogP contribution < -0.4 is 5.32 Å². The largest absolute Gasteiger partial charge is 0.467 e. The lowest BCUT2D eigenvalue weighted by atomic mass is 10.1. The third kappa shape index (κ3) is 3.18. The van der Waals surface area contributed by atoms with E-state index >= 15 is 0 Å². The molecule has 0 aromatic heterocycles. The van der Waals surface area contributed by atoms with Crippen LogP contribution in [0.4, 0.5) is 10.1 Å². The van der Waals surface area contributed by atoms with Crippen molar-refractivity contribution in [3.8, 4) is 6.07 Å². The van der Waals surface area contributed by atoms with Gasteiger partial charge in [-0.15, -0.1) is 0 Å². The van der Waals surface area contributed by atoms with Gasteiger partial charge in [0.1, 0.15) is 11.9 Å². The number of carbonyl (C=O) groups is 1. The second kappa shape index (κ2) is 5.85. The summed E-state index contributed by atoms with van der Waals surface area (Å²) in [6.07, 6.45) is 0.478. The Hall–Kier alpha value is -2.09. The van der Waals surface area contributed by atoms with Gasteiger partial charge >= 0.3 is 5.97 Å². The zero-order chi connectivity index (χ0) is 12.8. The average Bonchev–Trinajstić information content (AvgIpc) is 2.36. The van der Waals surface area contributed by atoms with Crippen LogP contribution in [0, 0.1) is 17.1 Å². The van der Waals surface area contributed by atoms with E-state index in [4.69, 9.17) is 5.26 Å². The number of rotatable bonds is 4. The van der Waals surface area contributed by atoms with Crippen LogP contribution in [0.2, 0.25) is 0 Å². The monoisotopic (exact) mass is 236 g/mol. The van der Waals surface area contributed by atoms with Crippen molar-refractivity contribution in [2.45, 2.75) is 19.4 Å². The molecule has 1 rings (SSSR count). The molecule has 1 aromatic carbocycles. The number of nitrogens with one attached hydrogen (secondary N) is 1. The molecule has 0 radical (unpaired) electrons. The van der Waals surface area contributed by atoms with Crippen LogP contribution in [-0.2, 0) is 9.53 Å². The highest BCUT2D eigenvalue weighted by molar-refractivity contribution is 5.79. The summed E-state index contributed by atoms with van der Waals surface area (Å²) in [5.41, 5.74) is 0.417. The lowest BCUT2D eigenvalue weighted by Crippen LogP contribution is -2.30. The first-order valence-corrected chi connectivity index (χ1v) is 5.16. The van der Waals surface area contributed by atoms with Gasteiger partial charge in [-0.05, 0) is 24.6 Å². The molecule has 0 aliphatic heterocycles. The van der Waals surface area contributed by atoms with Crippen molar-refractivity contribution in [2.75, 3.05) is 12.4 Å². The Kier molecular flexibility index (Phi) is 4.46. The summed E-state index contributed by atoms with van der Waals surface area (Å²) >= 11 is 0. The number of benzene rings is 1. The van der Waals surface area contributed by atoms with Crippen molar-refractivity contribution < 1.29 is 13.9 Å². The topological polar surface area (TPSA) is 62.1 Å². The van der Waals surface area contributed by atoms with Crippen LogP contribution >= 0.6 is 0 Å². The maximum absolute atomic E-state index is 13.5. The quantitative estimate of drug-likeness (QED) is 0.813. The first-order valence-electron chi connectivity index (χ1n) is 5.16. The summed E-state index contributed by atoms with van der Waals surface area (Å²) in [4.78, 5) is 11.3. The summed E-state index contributed by atoms with van der Waals surface area (Å²) < 4.78 is 18.1. The number of carbonyl (C=O) groups excluding carboxylic acids is 1. The van der Waals surface area contributed by atoms with E-state index in [0.29, 0.717) is 6.42 Å². The molecule has 1 atom stereocenters. The van der Waals surface area contributed by atoms with E-state index in [1.54, 1.807) is 6.92 Å². The number of nitriles is 1. The van der Waals surface area contributed by atoms with Gasteiger partial charge in [0, 0.05) is 0 Å². The third-order valence-corrected chi connectivity index (χ3v) is 2.32. The SMILES string of the molecule is CCC(Nc1ccc(C#N)cc1F)C(=O)OC. The summed E-state index contributed by atoms with van der Waals surface area (Å²) in [6, 6.07) is 5.27. The Morgan fingerprint density at radius 2 is 2.35 bits per heavy atom. The average molecular weight is 236 g/mol. The van der Waals surface area contributed by atoms with Gasteiger partial charge in [-0.25, -0.2) is 9.18 Å². The molecular formula is C12H13FN2O2. The molecule has 0 saturated heterocycles. The number of esters is 1. The Morgan fingerprint density at radius 1 is 1.65 bits per heavy atom. The van der Waals surface area contributed by atoms with E-state index in [1.807, 2.05) is 6.07 Å². The van der Waals surface area contributed by atoms with Crippen molar-refractivity contribution in [1.29, 1.82) is 5.26 Å². The molecule has 17 heavy (non-hydrogen) atoms. The van der Waals surface area contributed by atoms with Gasteiger partial charge in [-0.2, -0.15) is 5.26 Å². The number of halogens is 1. The number of hydrogen-bond donors (Lipinski definition) is 1. The number of hydrogen-bond acceptors (Lipinski definition) is 4. The second-order valence-corrected chi connectivity index (χ2v) is 3.43. The van der Waals surface area contributed by atoms with Crippen LogP contribution in [-0.4, -0.2) is 19.1 Å². The predicted molar refractivity (Wildman–Crippen MR) is 60.8 cm³/mol. The second-order valence-electron chi connectivity index (χ2n) is 3.43. The number of methoxy groups -OCH3 is 1. The summed E-state index contributed by atoms with van der Waals surface area (Å²) in [5.74, 6) is -1.01. The Morgan fingerprint density at radius 3 is 2.82 bits per heavy atom. The van der Waals surface area contributed by atoms with Crippen molar-refractivity contribution in [3.63, 3.8) is 0 Å². The summed E-state index contributed by atoms with van der Waals surface area (Å²) in [5, 5.41) is 11.3. The van der Waals surface area contributed by atoms with Crippen LogP contribution in [0.1, 0.15) is 18.9 Å². The molecule has 90 valence electrons. The van der Waals surface area contributed by atoms with Gasteiger partial charge < -0.3 is 10.1 Å². The first kappa shape index (κ1) is 13.0. The Labute approximate surface area is 99.0 Å². The highest BCUT2D eigenvalue weighted by Crippen LogP contribution is 2.17. The number of anilines is 1. The van der Waals surface area contributed by atoms with E-state index in [1.165, 1.54) is 19.2 Å². The molecule has 5 heteroatoms. The third-order valence-electron chi connectivity index (χ3n) is 2.32. The fourth-order valence-corrected chi connectivity index (χ4v) is 1.36. The van der Waals surface area contributed by atoms with Crippen molar-refractivity contribution >= 4 is 11.7 Å². The van der Waals surface area contributed by atoms with E-state index in [0.717, 1.165) is 6.07 Å². The van der Waals surface area contributed by atoms with Gasteiger partial charge in [-0.3, -0.25) is 0 Å². The van der Waals surface area contributed by atoms with Crippen LogP contribution in [0.5, 0.6) is 0 Å². The fourth-order valence-electron chi connectivity index (χ4n) is 1.36. The van der Waals surface area contributed by atoms with E-state index < -0.39 is 17.8 Å². The standard InChI is InChI=1S/C12H13FN2O2/c1-3-10(12(16)17-2)15-11-5-4-8(7-14)6-9(11)13/h4-6,10,15H,3H2,1-2H3. The molecular weight excluding hydrogens is 223 g/mol. The Bertz CT molecular complexity index is 454.